The maximum atomic E-state index is 15.4. The zero-order chi connectivity index (χ0) is 39.7. The molecule has 1 aromatic heterocycles. The van der Waals surface area contributed by atoms with E-state index in [0.29, 0.717) is 21.9 Å². The molecular weight excluding hydrogens is 890 g/mol. The van der Waals surface area contributed by atoms with Gasteiger partial charge in [0.15, 0.2) is 5.78 Å². The maximum absolute atomic E-state index is 15.4. The summed E-state index contributed by atoms with van der Waals surface area (Å²) in [7, 11) is 0. The summed E-state index contributed by atoms with van der Waals surface area (Å²) in [5.41, 5.74) is -0.827. The number of fused-ring (bicyclic) bond motifs is 3. The van der Waals surface area contributed by atoms with Crippen molar-refractivity contribution in [2.45, 2.75) is 99.1 Å². The van der Waals surface area contributed by atoms with Crippen molar-refractivity contribution < 1.29 is 60.7 Å². The number of nitrogens with zero attached hydrogens (tertiary/aromatic N) is 2. The first-order valence-corrected chi connectivity index (χ1v) is 17.5. The topological polar surface area (TPSA) is 63.1 Å². The van der Waals surface area contributed by atoms with E-state index < -0.39 is 34.5 Å². The van der Waals surface area contributed by atoms with Gasteiger partial charge in [0.1, 0.15) is 12.1 Å². The molecule has 0 bridgehead atoms. The fourth-order valence-corrected chi connectivity index (χ4v) is 6.18. The minimum Gasteiger partial charge on any atom is -0.512 e. The second kappa shape index (κ2) is 16.5. The number of alkyl halides is 7. The molecule has 1 N–H and O–H groups in total. The van der Waals surface area contributed by atoms with Crippen LogP contribution in [-0.2, 0) is 30.8 Å². The van der Waals surface area contributed by atoms with Gasteiger partial charge in [0.05, 0.1) is 11.1 Å². The van der Waals surface area contributed by atoms with Crippen LogP contribution in [0.1, 0.15) is 83.9 Å². The summed E-state index contributed by atoms with van der Waals surface area (Å²) in [6.45, 7) is 15.6. The van der Waals surface area contributed by atoms with Crippen LogP contribution in [0.5, 0.6) is 0 Å². The number of hydrogen-bond acceptors (Lipinski definition) is 4. The summed E-state index contributed by atoms with van der Waals surface area (Å²) in [6, 6.07) is 17.2. The second-order valence-corrected chi connectivity index (χ2v) is 14.1. The average molecular weight is 934 g/mol. The number of rotatable bonds is 10. The Bertz CT molecular complexity index is 2150. The molecule has 4 nitrogen and oxygen atoms in total. The maximum Gasteiger partial charge on any atom is 0.460 e. The van der Waals surface area contributed by atoms with Crippen molar-refractivity contribution in [2.75, 3.05) is 0 Å². The number of aliphatic hydroxyl groups is 1. The van der Waals surface area contributed by atoms with Gasteiger partial charge in [-0.15, -0.1) is 34.9 Å². The molecule has 0 amide bonds. The molecule has 0 fully saturated rings. The van der Waals surface area contributed by atoms with Crippen molar-refractivity contribution >= 4 is 38.2 Å². The van der Waals surface area contributed by atoms with Gasteiger partial charge in [-0.25, -0.2) is 4.98 Å². The first kappa shape index (κ1) is 44.5. The van der Waals surface area contributed by atoms with Gasteiger partial charge in [-0.05, 0) is 70.4 Å². The van der Waals surface area contributed by atoms with Gasteiger partial charge in [-0.3, -0.25) is 9.78 Å². The van der Waals surface area contributed by atoms with Crippen LogP contribution in [0, 0.1) is 30.7 Å². The number of hydrogen-bond donors (Lipinski definition) is 1. The number of carbonyl (C=O) groups excluding carboxylic acids is 1. The largest absolute Gasteiger partial charge is 0.512 e. The molecule has 5 aromatic rings. The molecule has 293 valence electrons. The van der Waals surface area contributed by atoms with Crippen LogP contribution in [0.3, 0.4) is 0 Å². The minimum absolute atomic E-state index is 0. The quantitative estimate of drug-likeness (QED) is 0.0498. The monoisotopic (exact) mass is 934 g/mol. The van der Waals surface area contributed by atoms with Crippen molar-refractivity contribution in [1.29, 1.82) is 0 Å². The van der Waals surface area contributed by atoms with Crippen molar-refractivity contribution in [1.82, 2.24) is 9.97 Å². The van der Waals surface area contributed by atoms with Crippen LogP contribution in [0.15, 0.2) is 72.8 Å². The normalized spacial score (nSPS) is 13.1. The number of benzene rings is 4. The summed E-state index contributed by atoms with van der Waals surface area (Å²) < 4.78 is 99.3. The number of aliphatic hydroxyl groups excluding tert-OH is 1. The number of ketones is 1. The molecule has 12 heteroatoms. The van der Waals surface area contributed by atoms with Gasteiger partial charge in [0.25, 0.3) is 0 Å². The Morgan fingerprint density at radius 3 is 1.81 bits per heavy atom. The third-order valence-electron chi connectivity index (χ3n) is 10.7. The Morgan fingerprint density at radius 1 is 0.759 bits per heavy atom. The molecule has 54 heavy (non-hydrogen) atoms. The fraction of sp³-hybridized carbons (Fsp3) is 0.405. The smallest absolute Gasteiger partial charge is 0.460 e. The first-order valence-electron chi connectivity index (χ1n) is 17.5. The van der Waals surface area contributed by atoms with Crippen molar-refractivity contribution in [3.05, 3.63) is 95.5 Å². The van der Waals surface area contributed by atoms with Gasteiger partial charge < -0.3 is 5.11 Å². The van der Waals surface area contributed by atoms with Crippen LogP contribution in [0.2, 0.25) is 0 Å². The van der Waals surface area contributed by atoms with Crippen LogP contribution in [0.4, 0.5) is 30.7 Å². The third-order valence-corrected chi connectivity index (χ3v) is 10.7. The summed E-state index contributed by atoms with van der Waals surface area (Å²) >= 11 is 0. The molecule has 0 atom stereocenters. The predicted molar refractivity (Wildman–Crippen MR) is 196 cm³/mol. The SMILES string of the molecule is CCC(C)(CC)C(=O)/C=C(\O)C(C)(CC)CC.Cc1[c-]c(-c2ncnc3c(C(F)(F)C(F)(F)C(F)(F)F)c4cc5ccccc5cc4cc23)cc(C)c1.[Ir]. The van der Waals surface area contributed by atoms with Gasteiger partial charge in [-0.2, -0.15) is 30.7 Å². The molecule has 0 spiro atoms. The van der Waals surface area contributed by atoms with E-state index in [2.05, 4.69) is 16.0 Å². The Morgan fingerprint density at radius 2 is 1.30 bits per heavy atom. The zero-order valence-corrected chi connectivity index (χ0v) is 33.8. The summed E-state index contributed by atoms with van der Waals surface area (Å²) in [5, 5.41) is 10.6. The molecule has 4 aromatic carbocycles. The van der Waals surface area contributed by atoms with Crippen molar-refractivity contribution in [3.63, 3.8) is 0 Å². The van der Waals surface area contributed by atoms with Gasteiger partial charge >= 0.3 is 18.0 Å². The standard InChI is InChI=1S/C27H16F7N2.C15H28O2.Ir/c1-14-7-15(2)9-19(8-14)23-21-12-18-10-16-5-3-4-6-17(16)11-20(18)22(24(21)36-13-35-23)25(28,29)26(30,31)27(32,33)34;1-7-14(5,8-2)12(16)11-13(17)15(6,9-3)10-4;/h3-8,10-13H,1-2H3;11,16H,7-10H2,1-6H3;/q-1;;/b;12-11-;. The molecule has 0 aliphatic rings. The molecule has 1 heterocycles. The van der Waals surface area contributed by atoms with E-state index in [9.17, 15) is 31.9 Å². The van der Waals surface area contributed by atoms with E-state index in [1.165, 1.54) is 24.3 Å². The van der Waals surface area contributed by atoms with E-state index in [1.807, 2.05) is 47.6 Å². The predicted octanol–water partition coefficient (Wildman–Crippen LogP) is 13.0. The summed E-state index contributed by atoms with van der Waals surface area (Å²) in [4.78, 5) is 20.1. The van der Waals surface area contributed by atoms with Crippen LogP contribution in [-0.4, -0.2) is 33.0 Å². The van der Waals surface area contributed by atoms with E-state index in [0.717, 1.165) is 37.6 Å². The first-order chi connectivity index (χ1) is 24.6. The Kier molecular flexibility index (Phi) is 13.6. The van der Waals surface area contributed by atoms with Gasteiger partial charge in [0.2, 0.25) is 0 Å². The van der Waals surface area contributed by atoms with Crippen LogP contribution < -0.4 is 0 Å². The Labute approximate surface area is 324 Å². The van der Waals surface area contributed by atoms with E-state index in [-0.39, 0.29) is 58.9 Å². The van der Waals surface area contributed by atoms with Crippen LogP contribution in [0.25, 0.3) is 43.7 Å². The number of carbonyl (C=O) groups is 1. The second-order valence-electron chi connectivity index (χ2n) is 14.1. The molecule has 0 unspecified atom stereocenters. The van der Waals surface area contributed by atoms with Gasteiger partial charge in [0, 0.05) is 37.0 Å². The zero-order valence-electron chi connectivity index (χ0n) is 31.4. The third kappa shape index (κ3) is 8.35. The molecule has 0 aliphatic heterocycles. The number of aromatic nitrogens is 2. The van der Waals surface area contributed by atoms with E-state index in [1.54, 1.807) is 44.2 Å². The average Bonchev–Trinajstić information content (AvgIpc) is 3.11. The Balaban J connectivity index is 0.000000372. The van der Waals surface area contributed by atoms with Crippen molar-refractivity contribution in [3.8, 4) is 11.3 Å². The Hall–Kier alpha value is -3.89. The molecule has 1 radical (unpaired) electrons. The van der Waals surface area contributed by atoms with Crippen LogP contribution >= 0.6 is 0 Å². The van der Waals surface area contributed by atoms with Crippen molar-refractivity contribution in [2.24, 2.45) is 10.8 Å². The summed E-state index contributed by atoms with van der Waals surface area (Å²) in [6.07, 6.45) is -0.870. The minimum atomic E-state index is -6.50. The van der Waals surface area contributed by atoms with E-state index in [4.69, 9.17) is 0 Å². The number of aryl methyl sites for hydroxylation is 2. The van der Waals surface area contributed by atoms with E-state index >= 15 is 8.78 Å². The molecule has 5 rings (SSSR count). The molecule has 0 saturated heterocycles. The van der Waals surface area contributed by atoms with Gasteiger partial charge in [-0.1, -0.05) is 85.7 Å². The molecule has 0 saturated carbocycles. The number of allylic oxidation sites excluding steroid dienone is 2. The summed E-state index contributed by atoms with van der Waals surface area (Å²) in [5.74, 6) is -11.7. The molecule has 0 aliphatic carbocycles. The molecular formula is C42H44F7IrN2O2-. The number of halogens is 7. The fourth-order valence-electron chi connectivity index (χ4n) is 6.18.